The topological polar surface area (TPSA) is 85.3 Å². The quantitative estimate of drug-likeness (QED) is 0.838. The summed E-state index contributed by atoms with van der Waals surface area (Å²) in [5.74, 6) is -0.606. The largest absolute Gasteiger partial charge is 0.449 e. The van der Waals surface area contributed by atoms with E-state index in [1.165, 1.54) is 30.5 Å². The average molecular weight is 342 g/mol. The molecule has 0 bridgehead atoms. The van der Waals surface area contributed by atoms with Crippen LogP contribution in [0.3, 0.4) is 0 Å². The molecule has 1 aromatic heterocycles. The third-order valence-electron chi connectivity index (χ3n) is 2.83. The van der Waals surface area contributed by atoms with Crippen LogP contribution in [0.5, 0.6) is 0 Å². The summed E-state index contributed by atoms with van der Waals surface area (Å²) in [5.41, 5.74) is 3.71. The second-order valence-corrected chi connectivity index (χ2v) is 4.49. The highest BCUT2D eigenvalue weighted by Gasteiger charge is 2.33. The van der Waals surface area contributed by atoms with Crippen molar-refractivity contribution >= 4 is 12.0 Å². The first-order valence-electron chi connectivity index (χ1n) is 6.77. The monoisotopic (exact) mass is 342 g/mol. The normalized spacial score (nSPS) is 11.0. The van der Waals surface area contributed by atoms with Gasteiger partial charge in [0.15, 0.2) is 5.69 Å². The fraction of sp³-hybridized carbons (Fsp3) is 0.214. The zero-order chi connectivity index (χ0) is 17.7. The summed E-state index contributed by atoms with van der Waals surface area (Å²) in [6.45, 7) is 1.76. The summed E-state index contributed by atoms with van der Waals surface area (Å²) < 4.78 is 43.2. The van der Waals surface area contributed by atoms with Gasteiger partial charge in [0, 0.05) is 11.8 Å². The molecule has 2 rings (SSSR count). The molecule has 7 nitrogen and oxygen atoms in total. The molecular weight excluding hydrogens is 329 g/mol. The lowest BCUT2D eigenvalue weighted by Gasteiger charge is -2.08. The van der Waals surface area contributed by atoms with E-state index < -0.39 is 23.9 Å². The Morgan fingerprint density at radius 3 is 2.38 bits per heavy atom. The molecule has 0 unspecified atom stereocenters. The van der Waals surface area contributed by atoms with Crippen molar-refractivity contribution in [3.05, 3.63) is 47.8 Å². The number of carbonyl (C=O) groups excluding carboxylic acids is 2. The highest BCUT2D eigenvalue weighted by atomic mass is 19.4. The summed E-state index contributed by atoms with van der Waals surface area (Å²) in [6, 6.07) is 6.46. The van der Waals surface area contributed by atoms with Crippen molar-refractivity contribution in [2.75, 3.05) is 6.61 Å². The number of nitrogens with one attached hydrogen (secondary N) is 2. The molecule has 2 N–H and O–H groups in total. The number of hydrogen-bond acceptors (Lipinski definition) is 4. The van der Waals surface area contributed by atoms with Crippen LogP contribution >= 0.6 is 0 Å². The molecule has 0 atom stereocenters. The third kappa shape index (κ3) is 4.24. The van der Waals surface area contributed by atoms with Gasteiger partial charge in [0.05, 0.1) is 12.3 Å². The van der Waals surface area contributed by atoms with Gasteiger partial charge in [-0.25, -0.2) is 14.9 Å². The van der Waals surface area contributed by atoms with Crippen molar-refractivity contribution < 1.29 is 27.5 Å². The van der Waals surface area contributed by atoms with Gasteiger partial charge in [-0.3, -0.25) is 10.2 Å². The van der Waals surface area contributed by atoms with Gasteiger partial charge in [0.25, 0.3) is 5.91 Å². The molecule has 0 saturated heterocycles. The van der Waals surface area contributed by atoms with Crippen LogP contribution in [-0.2, 0) is 10.9 Å². The number of halogens is 3. The van der Waals surface area contributed by atoms with Gasteiger partial charge in [0.1, 0.15) is 0 Å². The Morgan fingerprint density at radius 2 is 1.83 bits per heavy atom. The number of hydrogen-bond donors (Lipinski definition) is 2. The lowest BCUT2D eigenvalue weighted by atomic mass is 10.2. The summed E-state index contributed by atoms with van der Waals surface area (Å²) >= 11 is 0. The number of alkyl halides is 3. The number of ether oxygens (including phenoxy) is 1. The first kappa shape index (κ1) is 17.3. The minimum absolute atomic E-state index is 0.153. The molecule has 1 heterocycles. The third-order valence-corrected chi connectivity index (χ3v) is 2.83. The Hall–Kier alpha value is -3.04. The molecule has 24 heavy (non-hydrogen) atoms. The van der Waals surface area contributed by atoms with Crippen molar-refractivity contribution in [2.45, 2.75) is 13.1 Å². The minimum atomic E-state index is -4.52. The van der Waals surface area contributed by atoms with E-state index >= 15 is 0 Å². The van der Waals surface area contributed by atoms with Gasteiger partial charge in [-0.15, -0.1) is 0 Å². The summed E-state index contributed by atoms with van der Waals surface area (Å²) in [4.78, 5) is 22.8. The van der Waals surface area contributed by atoms with Crippen LogP contribution in [0.25, 0.3) is 5.69 Å². The molecule has 128 valence electrons. The lowest BCUT2D eigenvalue weighted by molar-refractivity contribution is -0.141. The lowest BCUT2D eigenvalue weighted by Crippen LogP contribution is -2.41. The first-order chi connectivity index (χ1) is 11.3. The zero-order valence-electron chi connectivity index (χ0n) is 12.4. The van der Waals surface area contributed by atoms with Crippen LogP contribution < -0.4 is 10.9 Å². The van der Waals surface area contributed by atoms with Gasteiger partial charge in [-0.05, 0) is 37.3 Å². The van der Waals surface area contributed by atoms with E-state index in [1.807, 2.05) is 5.43 Å². The van der Waals surface area contributed by atoms with E-state index in [2.05, 4.69) is 15.3 Å². The van der Waals surface area contributed by atoms with E-state index in [9.17, 15) is 22.8 Å². The Kier molecular flexibility index (Phi) is 5.07. The van der Waals surface area contributed by atoms with Crippen LogP contribution in [0.1, 0.15) is 23.0 Å². The molecule has 1 aromatic carbocycles. The number of rotatable bonds is 3. The smallest absolute Gasteiger partial charge is 0.435 e. The van der Waals surface area contributed by atoms with Crippen LogP contribution in [-0.4, -0.2) is 28.4 Å². The van der Waals surface area contributed by atoms with Crippen molar-refractivity contribution in [1.82, 2.24) is 20.6 Å². The average Bonchev–Trinajstić information content (AvgIpc) is 3.03. The van der Waals surface area contributed by atoms with Crippen molar-refractivity contribution in [1.29, 1.82) is 0 Å². The summed E-state index contributed by atoms with van der Waals surface area (Å²) in [6.07, 6.45) is -4.16. The molecule has 0 spiro atoms. The Balaban J connectivity index is 2.04. The molecule has 0 fully saturated rings. The van der Waals surface area contributed by atoms with Gasteiger partial charge in [-0.1, -0.05) is 0 Å². The maximum Gasteiger partial charge on any atom is 0.435 e. The number of benzene rings is 1. The summed E-state index contributed by atoms with van der Waals surface area (Å²) in [7, 11) is 0. The fourth-order valence-corrected chi connectivity index (χ4v) is 1.73. The van der Waals surface area contributed by atoms with E-state index in [0.29, 0.717) is 5.69 Å². The molecule has 2 amide bonds. The number of hydrazine groups is 1. The maximum absolute atomic E-state index is 12.5. The minimum Gasteiger partial charge on any atom is -0.449 e. The SMILES string of the molecule is CCOC(=O)NNC(=O)c1ccc(-n2ccc(C(F)(F)F)n2)cc1. The molecule has 0 aliphatic carbocycles. The van der Waals surface area contributed by atoms with E-state index in [0.717, 1.165) is 10.7 Å². The number of nitrogens with zero attached hydrogens (tertiary/aromatic N) is 2. The molecular formula is C14H13F3N4O3. The van der Waals surface area contributed by atoms with Crippen molar-refractivity contribution in [3.8, 4) is 5.69 Å². The standard InChI is InChI=1S/C14H13F3N4O3/c1-2-24-13(23)19-18-12(22)9-3-5-10(6-4-9)21-8-7-11(20-21)14(15,16)17/h3-8H,2H2,1H3,(H,18,22)(H,19,23). The molecule has 0 aliphatic heterocycles. The number of carbonyl (C=O) groups is 2. The molecule has 0 saturated carbocycles. The summed E-state index contributed by atoms with van der Waals surface area (Å²) in [5, 5.41) is 3.42. The highest BCUT2D eigenvalue weighted by molar-refractivity contribution is 5.95. The second-order valence-electron chi connectivity index (χ2n) is 4.49. The van der Waals surface area contributed by atoms with Crippen LogP contribution in [0.4, 0.5) is 18.0 Å². The first-order valence-corrected chi connectivity index (χ1v) is 6.77. The predicted molar refractivity (Wildman–Crippen MR) is 76.2 cm³/mol. The van der Waals surface area contributed by atoms with Crippen LogP contribution in [0, 0.1) is 0 Å². The van der Waals surface area contributed by atoms with E-state index in [-0.39, 0.29) is 12.2 Å². The van der Waals surface area contributed by atoms with E-state index in [4.69, 9.17) is 0 Å². The fourth-order valence-electron chi connectivity index (χ4n) is 1.73. The van der Waals surface area contributed by atoms with Gasteiger partial charge >= 0.3 is 12.3 Å². The van der Waals surface area contributed by atoms with Gasteiger partial charge in [0.2, 0.25) is 0 Å². The van der Waals surface area contributed by atoms with Crippen LogP contribution in [0.2, 0.25) is 0 Å². The van der Waals surface area contributed by atoms with Gasteiger partial charge < -0.3 is 4.74 Å². The van der Waals surface area contributed by atoms with E-state index in [1.54, 1.807) is 6.92 Å². The van der Waals surface area contributed by atoms with Crippen molar-refractivity contribution in [2.24, 2.45) is 0 Å². The number of amides is 2. The zero-order valence-corrected chi connectivity index (χ0v) is 12.4. The molecule has 0 radical (unpaired) electrons. The van der Waals surface area contributed by atoms with Crippen molar-refractivity contribution in [3.63, 3.8) is 0 Å². The highest BCUT2D eigenvalue weighted by Crippen LogP contribution is 2.27. The molecule has 10 heteroatoms. The van der Waals surface area contributed by atoms with Gasteiger partial charge in [-0.2, -0.15) is 18.3 Å². The second kappa shape index (κ2) is 7.02. The Bertz CT molecular complexity index is 726. The Morgan fingerprint density at radius 1 is 1.17 bits per heavy atom. The number of aromatic nitrogens is 2. The maximum atomic E-state index is 12.5. The molecule has 2 aromatic rings. The predicted octanol–water partition coefficient (Wildman–Crippen LogP) is 2.28. The Labute approximate surface area is 134 Å². The van der Waals surface area contributed by atoms with Crippen LogP contribution in [0.15, 0.2) is 36.5 Å². The molecule has 0 aliphatic rings.